The Morgan fingerprint density at radius 2 is 1.73 bits per heavy atom. The van der Waals surface area contributed by atoms with Crippen molar-refractivity contribution in [2.75, 3.05) is 53.6 Å². The topological polar surface area (TPSA) is 116 Å². The van der Waals surface area contributed by atoms with E-state index in [0.29, 0.717) is 49.1 Å². The van der Waals surface area contributed by atoms with Gasteiger partial charge in [0.1, 0.15) is 0 Å². The third-order valence-corrected chi connectivity index (χ3v) is 8.35. The minimum atomic E-state index is -0.427. The molecule has 3 aromatic rings. The molecule has 0 unspecified atom stereocenters. The van der Waals surface area contributed by atoms with Crippen LogP contribution in [0.4, 0.5) is 4.79 Å². The highest BCUT2D eigenvalue weighted by molar-refractivity contribution is 5.95. The van der Waals surface area contributed by atoms with Crippen molar-refractivity contribution in [1.29, 1.82) is 0 Å². The number of nitrogens with zero attached hydrogens (tertiary/aromatic N) is 3. The Bertz CT molecular complexity index is 1410. The number of aromatic nitrogens is 1. The molecule has 1 N–H and O–H groups in total. The number of carbonyl (C=O) groups is 2. The maximum absolute atomic E-state index is 13.9. The standard InChI is InChI=1S/C34H44N4O7/c1-23(2)37(33(39)25-11-14-29(42-4)31(17-25)43-16-8-15-41-3)21-26-19-35-20-27(26)22-38(28-12-13-28)34(40)44-32-18-30(45-36-32)24-9-6-5-7-10-24/h5-7,9-11,14,17-18,23,26-28,35H,8,12-13,15-16,19-22H2,1-4H3/t26-,27-/m0/s1. The van der Waals surface area contributed by atoms with E-state index in [4.69, 9.17) is 23.5 Å². The third kappa shape index (κ3) is 8.34. The average molecular weight is 621 g/mol. The Kier molecular flexibility index (Phi) is 11.0. The first-order valence-electron chi connectivity index (χ1n) is 15.7. The summed E-state index contributed by atoms with van der Waals surface area (Å²) in [5, 5.41) is 7.45. The molecule has 1 aromatic heterocycles. The zero-order valence-corrected chi connectivity index (χ0v) is 26.6. The number of amides is 2. The molecule has 2 aliphatic rings. The van der Waals surface area contributed by atoms with E-state index in [-0.39, 0.29) is 35.7 Å². The van der Waals surface area contributed by atoms with Crippen LogP contribution in [0.2, 0.25) is 0 Å². The lowest BCUT2D eigenvalue weighted by atomic mass is 9.94. The molecule has 0 spiro atoms. The van der Waals surface area contributed by atoms with Crippen molar-refractivity contribution in [3.8, 4) is 28.7 Å². The van der Waals surface area contributed by atoms with Crippen LogP contribution in [-0.2, 0) is 4.74 Å². The van der Waals surface area contributed by atoms with Gasteiger partial charge in [-0.05, 0) is 61.9 Å². The number of hydrogen-bond acceptors (Lipinski definition) is 9. The Hall–Kier alpha value is -4.09. The van der Waals surface area contributed by atoms with E-state index in [1.807, 2.05) is 54.0 Å². The second kappa shape index (κ2) is 15.3. The number of methoxy groups -OCH3 is 2. The van der Waals surface area contributed by atoms with Crippen LogP contribution in [0.5, 0.6) is 17.4 Å². The van der Waals surface area contributed by atoms with E-state index in [1.165, 1.54) is 0 Å². The molecule has 2 amide bonds. The third-order valence-electron chi connectivity index (χ3n) is 8.35. The summed E-state index contributed by atoms with van der Waals surface area (Å²) in [6.45, 7) is 7.70. The summed E-state index contributed by atoms with van der Waals surface area (Å²) in [5.74, 6) is 2.03. The maximum Gasteiger partial charge on any atom is 0.416 e. The first-order chi connectivity index (χ1) is 21.9. The number of rotatable bonds is 15. The van der Waals surface area contributed by atoms with Crippen molar-refractivity contribution in [3.63, 3.8) is 0 Å². The normalized spacial score (nSPS) is 17.7. The van der Waals surface area contributed by atoms with Gasteiger partial charge in [-0.2, -0.15) is 0 Å². The first kappa shape index (κ1) is 32.3. The van der Waals surface area contributed by atoms with Gasteiger partial charge in [0.05, 0.1) is 19.8 Å². The Morgan fingerprint density at radius 1 is 0.978 bits per heavy atom. The molecule has 5 rings (SSSR count). The number of ether oxygens (including phenoxy) is 4. The van der Waals surface area contributed by atoms with E-state index in [9.17, 15) is 9.59 Å². The molecule has 0 radical (unpaired) electrons. The lowest BCUT2D eigenvalue weighted by Gasteiger charge is -2.33. The molecule has 1 saturated carbocycles. The summed E-state index contributed by atoms with van der Waals surface area (Å²) in [6.07, 6.45) is 2.18. The van der Waals surface area contributed by atoms with Gasteiger partial charge in [-0.25, -0.2) is 4.79 Å². The van der Waals surface area contributed by atoms with E-state index in [1.54, 1.807) is 38.5 Å². The van der Waals surface area contributed by atoms with Gasteiger partial charge >= 0.3 is 6.09 Å². The molecule has 11 nitrogen and oxygen atoms in total. The lowest BCUT2D eigenvalue weighted by molar-refractivity contribution is 0.0647. The van der Waals surface area contributed by atoms with Gasteiger partial charge in [0.15, 0.2) is 17.3 Å². The van der Waals surface area contributed by atoms with Crippen molar-refractivity contribution in [3.05, 3.63) is 60.2 Å². The van der Waals surface area contributed by atoms with Crippen LogP contribution in [0.3, 0.4) is 0 Å². The summed E-state index contributed by atoms with van der Waals surface area (Å²) >= 11 is 0. The molecule has 2 aromatic carbocycles. The van der Waals surface area contributed by atoms with Crippen LogP contribution >= 0.6 is 0 Å². The van der Waals surface area contributed by atoms with Crippen LogP contribution in [0, 0.1) is 11.8 Å². The highest BCUT2D eigenvalue weighted by Gasteiger charge is 2.39. The summed E-state index contributed by atoms with van der Waals surface area (Å²) in [4.78, 5) is 30.9. The van der Waals surface area contributed by atoms with Gasteiger partial charge in [-0.1, -0.05) is 30.3 Å². The number of nitrogens with one attached hydrogen (secondary N) is 1. The molecule has 1 aliphatic carbocycles. The first-order valence-corrected chi connectivity index (χ1v) is 15.7. The van der Waals surface area contributed by atoms with Gasteiger partial charge in [-0.15, -0.1) is 0 Å². The van der Waals surface area contributed by atoms with E-state index < -0.39 is 6.09 Å². The van der Waals surface area contributed by atoms with Gasteiger partial charge in [0, 0.05) is 69.5 Å². The molecule has 242 valence electrons. The van der Waals surface area contributed by atoms with Crippen molar-refractivity contribution in [2.24, 2.45) is 11.8 Å². The number of hydrogen-bond donors (Lipinski definition) is 1. The van der Waals surface area contributed by atoms with Crippen molar-refractivity contribution in [2.45, 2.75) is 45.2 Å². The van der Waals surface area contributed by atoms with E-state index in [0.717, 1.165) is 37.9 Å². The number of benzene rings is 2. The molecule has 2 atom stereocenters. The monoisotopic (exact) mass is 620 g/mol. The summed E-state index contributed by atoms with van der Waals surface area (Å²) in [6, 6.07) is 16.6. The Labute approximate surface area is 264 Å². The minimum Gasteiger partial charge on any atom is -0.493 e. The minimum absolute atomic E-state index is 0.0256. The Morgan fingerprint density at radius 3 is 2.42 bits per heavy atom. The van der Waals surface area contributed by atoms with E-state index >= 15 is 0 Å². The van der Waals surface area contributed by atoms with Crippen molar-refractivity contribution < 1.29 is 33.1 Å². The lowest BCUT2D eigenvalue weighted by Crippen LogP contribution is -2.45. The second-order valence-electron chi connectivity index (χ2n) is 11.9. The largest absolute Gasteiger partial charge is 0.493 e. The van der Waals surface area contributed by atoms with Crippen molar-refractivity contribution in [1.82, 2.24) is 20.3 Å². The number of carbonyl (C=O) groups excluding carboxylic acids is 2. The summed E-state index contributed by atoms with van der Waals surface area (Å²) < 4.78 is 27.6. The molecular formula is C34H44N4O7. The molecule has 45 heavy (non-hydrogen) atoms. The van der Waals surface area contributed by atoms with Gasteiger partial charge in [-0.3, -0.25) is 4.79 Å². The quantitative estimate of drug-likeness (QED) is 0.231. The zero-order valence-electron chi connectivity index (χ0n) is 26.6. The molecule has 11 heteroatoms. The molecule has 0 bridgehead atoms. The molecule has 2 fully saturated rings. The molecule has 1 aliphatic heterocycles. The van der Waals surface area contributed by atoms with Gasteiger partial charge in [0.25, 0.3) is 11.8 Å². The average Bonchev–Trinajstić information content (AvgIpc) is 3.62. The molecule has 2 heterocycles. The van der Waals surface area contributed by atoms with Crippen LogP contribution in [0.25, 0.3) is 11.3 Å². The fourth-order valence-corrected chi connectivity index (χ4v) is 5.67. The highest BCUT2D eigenvalue weighted by Crippen LogP contribution is 2.33. The summed E-state index contributed by atoms with van der Waals surface area (Å²) in [7, 11) is 3.24. The van der Waals surface area contributed by atoms with Gasteiger partial charge < -0.3 is 38.6 Å². The fourth-order valence-electron chi connectivity index (χ4n) is 5.67. The van der Waals surface area contributed by atoms with Crippen molar-refractivity contribution >= 4 is 12.0 Å². The molecular weight excluding hydrogens is 576 g/mol. The highest BCUT2D eigenvalue weighted by atomic mass is 16.6. The SMILES string of the molecule is COCCCOc1cc(C(=O)N(C[C@@H]2CNC[C@H]2CN(C(=O)Oc2cc(-c3ccccc3)on2)C2CC2)C(C)C)ccc1OC. The molecule has 1 saturated heterocycles. The van der Waals surface area contributed by atoms with Crippen LogP contribution in [0.15, 0.2) is 59.1 Å². The van der Waals surface area contributed by atoms with E-state index in [2.05, 4.69) is 10.5 Å². The fraction of sp³-hybridized carbons (Fsp3) is 0.500. The van der Waals surface area contributed by atoms with Crippen LogP contribution < -0.4 is 19.5 Å². The predicted molar refractivity (Wildman–Crippen MR) is 169 cm³/mol. The van der Waals surface area contributed by atoms with Crippen LogP contribution in [-0.4, -0.2) is 92.7 Å². The van der Waals surface area contributed by atoms with Gasteiger partial charge in [0.2, 0.25) is 0 Å². The predicted octanol–water partition coefficient (Wildman–Crippen LogP) is 5.12. The zero-order chi connectivity index (χ0) is 31.8. The summed E-state index contributed by atoms with van der Waals surface area (Å²) in [5.41, 5.74) is 1.40. The smallest absolute Gasteiger partial charge is 0.416 e. The van der Waals surface area contributed by atoms with Crippen LogP contribution in [0.1, 0.15) is 43.5 Å². The Balaban J connectivity index is 1.23. The maximum atomic E-state index is 13.9. The second-order valence-corrected chi connectivity index (χ2v) is 11.9.